The van der Waals surface area contributed by atoms with Gasteiger partial charge >= 0.3 is 0 Å². The third kappa shape index (κ3) is 2.39. The highest BCUT2D eigenvalue weighted by atomic mass is 16.3. The monoisotopic (exact) mass is 310 g/mol. The number of benzene rings is 2. The second kappa shape index (κ2) is 5.39. The maximum atomic E-state index is 12.9. The van der Waals surface area contributed by atoms with Crippen LogP contribution in [-0.4, -0.2) is 31.3 Å². The van der Waals surface area contributed by atoms with Crippen LogP contribution >= 0.6 is 0 Å². The molecule has 0 unspecified atom stereocenters. The Labute approximate surface area is 137 Å². The largest absolute Gasteiger partial charge is 0.378 e. The molecular formula is C19H22N2O2. The fourth-order valence-electron chi connectivity index (χ4n) is 3.08. The zero-order valence-electron chi connectivity index (χ0n) is 13.9. The van der Waals surface area contributed by atoms with Crippen LogP contribution in [0, 0.1) is 0 Å². The number of anilines is 2. The Hall–Kier alpha value is -2.33. The molecule has 23 heavy (non-hydrogen) atoms. The highest BCUT2D eigenvalue weighted by molar-refractivity contribution is 6.08. The fourth-order valence-corrected chi connectivity index (χ4v) is 3.08. The number of para-hydroxylation sites is 1. The van der Waals surface area contributed by atoms with E-state index in [0.29, 0.717) is 5.56 Å². The molecule has 4 heteroatoms. The molecule has 0 spiro atoms. The van der Waals surface area contributed by atoms with Crippen molar-refractivity contribution in [2.75, 3.05) is 23.9 Å². The van der Waals surface area contributed by atoms with Crippen molar-refractivity contribution >= 4 is 17.3 Å². The van der Waals surface area contributed by atoms with Crippen LogP contribution in [0.2, 0.25) is 0 Å². The van der Waals surface area contributed by atoms with E-state index >= 15 is 0 Å². The summed E-state index contributed by atoms with van der Waals surface area (Å²) in [6.45, 7) is 3.91. The van der Waals surface area contributed by atoms with E-state index < -0.39 is 11.6 Å². The summed E-state index contributed by atoms with van der Waals surface area (Å²) in [6.07, 6.45) is -0.874. The summed E-state index contributed by atoms with van der Waals surface area (Å²) in [4.78, 5) is 16.4. The zero-order valence-corrected chi connectivity index (χ0v) is 13.9. The van der Waals surface area contributed by atoms with Gasteiger partial charge in [0, 0.05) is 30.8 Å². The summed E-state index contributed by atoms with van der Waals surface area (Å²) in [5.74, 6) is -0.180. The second-order valence-corrected chi connectivity index (χ2v) is 6.73. The van der Waals surface area contributed by atoms with E-state index in [4.69, 9.17) is 0 Å². The molecule has 0 radical (unpaired) electrons. The molecule has 0 aromatic heterocycles. The summed E-state index contributed by atoms with van der Waals surface area (Å²) < 4.78 is 0. The lowest BCUT2D eigenvalue weighted by Crippen LogP contribution is -2.44. The quantitative estimate of drug-likeness (QED) is 0.927. The van der Waals surface area contributed by atoms with Crippen LogP contribution in [0.25, 0.3) is 0 Å². The van der Waals surface area contributed by atoms with Gasteiger partial charge in [0.25, 0.3) is 5.91 Å². The molecule has 0 bridgehead atoms. The third-order valence-corrected chi connectivity index (χ3v) is 4.60. The first-order valence-corrected chi connectivity index (χ1v) is 7.72. The highest BCUT2D eigenvalue weighted by Gasteiger charge is 2.46. The number of amides is 1. The van der Waals surface area contributed by atoms with Crippen LogP contribution in [0.5, 0.6) is 0 Å². The van der Waals surface area contributed by atoms with Crippen molar-refractivity contribution in [2.45, 2.75) is 25.5 Å². The predicted octanol–water partition coefficient (Wildman–Crippen LogP) is 3.01. The van der Waals surface area contributed by atoms with Gasteiger partial charge in [-0.2, -0.15) is 0 Å². The van der Waals surface area contributed by atoms with Crippen molar-refractivity contribution in [1.29, 1.82) is 0 Å². The average Bonchev–Trinajstić information content (AvgIpc) is 2.74. The number of carbonyl (C=O) groups excluding carboxylic acids is 1. The van der Waals surface area contributed by atoms with Crippen molar-refractivity contribution < 1.29 is 9.90 Å². The highest BCUT2D eigenvalue weighted by Crippen LogP contribution is 2.44. The zero-order chi connectivity index (χ0) is 16.8. The Morgan fingerprint density at radius 3 is 2.30 bits per heavy atom. The normalized spacial score (nSPS) is 18.7. The van der Waals surface area contributed by atoms with Crippen LogP contribution in [0.15, 0.2) is 48.5 Å². The molecule has 1 atom stereocenters. The minimum atomic E-state index is -0.874. The van der Waals surface area contributed by atoms with Crippen LogP contribution in [0.4, 0.5) is 11.4 Å². The van der Waals surface area contributed by atoms with Gasteiger partial charge in [0.2, 0.25) is 0 Å². The van der Waals surface area contributed by atoms with E-state index in [-0.39, 0.29) is 5.91 Å². The van der Waals surface area contributed by atoms with E-state index in [2.05, 4.69) is 0 Å². The molecule has 1 N–H and O–H groups in total. The number of hydrogen-bond acceptors (Lipinski definition) is 3. The van der Waals surface area contributed by atoms with Crippen LogP contribution in [-0.2, 0) is 5.41 Å². The molecule has 3 rings (SSSR count). The first-order valence-electron chi connectivity index (χ1n) is 7.72. The van der Waals surface area contributed by atoms with E-state index in [0.717, 1.165) is 16.9 Å². The molecule has 1 aliphatic rings. The molecule has 2 aromatic rings. The molecule has 4 nitrogen and oxygen atoms in total. The number of aliphatic hydroxyl groups excluding tert-OH is 1. The Morgan fingerprint density at radius 2 is 1.70 bits per heavy atom. The average molecular weight is 310 g/mol. The molecule has 120 valence electrons. The van der Waals surface area contributed by atoms with Gasteiger partial charge in [0.15, 0.2) is 0 Å². The van der Waals surface area contributed by atoms with Gasteiger partial charge in [-0.3, -0.25) is 9.69 Å². The summed E-state index contributed by atoms with van der Waals surface area (Å²) in [6, 6.07) is 15.1. The Kier molecular flexibility index (Phi) is 3.65. The third-order valence-electron chi connectivity index (χ3n) is 4.60. The van der Waals surface area contributed by atoms with Gasteiger partial charge in [-0.25, -0.2) is 0 Å². The lowest BCUT2D eigenvalue weighted by molar-refractivity contribution is 0.0780. The predicted molar refractivity (Wildman–Crippen MR) is 93.1 cm³/mol. The van der Waals surface area contributed by atoms with Gasteiger partial charge in [0.05, 0.1) is 5.69 Å². The summed E-state index contributed by atoms with van der Waals surface area (Å²) >= 11 is 0. The van der Waals surface area contributed by atoms with Gasteiger partial charge in [-0.05, 0) is 35.9 Å². The lowest BCUT2D eigenvalue weighted by Gasteiger charge is -2.28. The summed E-state index contributed by atoms with van der Waals surface area (Å²) in [7, 11) is 3.92. The number of aliphatic hydroxyl groups is 1. The topological polar surface area (TPSA) is 43.8 Å². The van der Waals surface area contributed by atoms with Gasteiger partial charge < -0.3 is 10.0 Å². The Balaban J connectivity index is 2.00. The van der Waals surface area contributed by atoms with Crippen molar-refractivity contribution in [3.63, 3.8) is 0 Å². The minimum absolute atomic E-state index is 0.180. The van der Waals surface area contributed by atoms with Crippen LogP contribution in [0.1, 0.15) is 29.8 Å². The molecule has 1 aliphatic heterocycles. The van der Waals surface area contributed by atoms with Gasteiger partial charge in [-0.15, -0.1) is 0 Å². The molecule has 0 fully saturated rings. The molecule has 2 aromatic carbocycles. The van der Waals surface area contributed by atoms with E-state index in [9.17, 15) is 9.90 Å². The van der Waals surface area contributed by atoms with Crippen LogP contribution < -0.4 is 9.80 Å². The number of hydrogen-bond donors (Lipinski definition) is 1. The SMILES string of the molecule is CN(C)c1ccc(C(=O)N2c3ccccc3C(C)(C)[C@H]2O)cc1. The second-order valence-electron chi connectivity index (χ2n) is 6.73. The molecular weight excluding hydrogens is 288 g/mol. The van der Waals surface area contributed by atoms with E-state index in [1.54, 1.807) is 12.1 Å². The smallest absolute Gasteiger partial charge is 0.260 e. The minimum Gasteiger partial charge on any atom is -0.378 e. The van der Waals surface area contributed by atoms with Crippen molar-refractivity contribution in [2.24, 2.45) is 0 Å². The number of nitrogens with zero attached hydrogens (tertiary/aromatic N) is 2. The molecule has 0 aliphatic carbocycles. The lowest BCUT2D eigenvalue weighted by atomic mass is 9.85. The number of carbonyl (C=O) groups is 1. The van der Waals surface area contributed by atoms with E-state index in [1.165, 1.54) is 4.90 Å². The molecule has 1 amide bonds. The Morgan fingerprint density at radius 1 is 1.09 bits per heavy atom. The molecule has 1 heterocycles. The van der Waals surface area contributed by atoms with Gasteiger partial charge in [-0.1, -0.05) is 32.0 Å². The summed E-state index contributed by atoms with van der Waals surface area (Å²) in [5.41, 5.74) is 2.89. The maximum Gasteiger partial charge on any atom is 0.260 e. The van der Waals surface area contributed by atoms with Gasteiger partial charge in [0.1, 0.15) is 6.23 Å². The number of fused-ring (bicyclic) bond motifs is 1. The first-order chi connectivity index (χ1) is 10.8. The van der Waals surface area contributed by atoms with E-state index in [1.807, 2.05) is 69.2 Å². The van der Waals surface area contributed by atoms with Crippen LogP contribution in [0.3, 0.4) is 0 Å². The summed E-state index contributed by atoms with van der Waals surface area (Å²) in [5, 5.41) is 10.7. The Bertz CT molecular complexity index is 735. The maximum absolute atomic E-state index is 12.9. The number of rotatable bonds is 2. The molecule has 0 saturated heterocycles. The standard InChI is InChI=1S/C19H22N2O2/c1-19(2)15-7-5-6-8-16(15)21(18(19)23)17(22)13-9-11-14(12-10-13)20(3)4/h5-12,18,23H,1-4H3/t18-/m1/s1. The molecule has 0 saturated carbocycles. The van der Waals surface area contributed by atoms with Crippen molar-refractivity contribution in [1.82, 2.24) is 0 Å². The van der Waals surface area contributed by atoms with Crippen molar-refractivity contribution in [3.05, 3.63) is 59.7 Å². The first kappa shape index (κ1) is 15.6. The van der Waals surface area contributed by atoms with Crippen molar-refractivity contribution in [3.8, 4) is 0 Å². The fraction of sp³-hybridized carbons (Fsp3) is 0.316.